The first-order chi connectivity index (χ1) is 22.2. The summed E-state index contributed by atoms with van der Waals surface area (Å²) in [7, 11) is 8.19. The van der Waals surface area contributed by atoms with Crippen molar-refractivity contribution in [2.45, 2.75) is 57.9 Å². The Hall–Kier alpha value is -2.64. The van der Waals surface area contributed by atoms with Gasteiger partial charge in [-0.25, -0.2) is 0 Å². The highest BCUT2D eigenvalue weighted by Gasteiger charge is 2.12. The van der Waals surface area contributed by atoms with Crippen LogP contribution in [0.5, 0.6) is 11.5 Å². The number of hydrogen-bond acceptors (Lipinski definition) is 9. The van der Waals surface area contributed by atoms with Crippen molar-refractivity contribution in [3.05, 3.63) is 80.3 Å². The van der Waals surface area contributed by atoms with Crippen LogP contribution in [-0.2, 0) is 25.8 Å². The van der Waals surface area contributed by atoms with Gasteiger partial charge < -0.3 is 24.7 Å². The lowest BCUT2D eigenvalue weighted by molar-refractivity contribution is 0.260. The first kappa shape index (κ1) is 36.2. The molecule has 0 unspecified atom stereocenters. The van der Waals surface area contributed by atoms with E-state index in [1.807, 2.05) is 38.9 Å². The molecule has 0 saturated heterocycles. The van der Waals surface area contributed by atoms with Crippen LogP contribution < -0.4 is 20.4 Å². The second-order valence-corrected chi connectivity index (χ2v) is 14.0. The summed E-state index contributed by atoms with van der Waals surface area (Å²) >= 11 is 7.31. The van der Waals surface area contributed by atoms with E-state index in [9.17, 15) is 0 Å². The molecule has 2 heterocycles. The molecule has 4 rings (SSSR count). The maximum atomic E-state index is 5.88. The molecule has 2 N–H and O–H groups in total. The van der Waals surface area contributed by atoms with Gasteiger partial charge in [-0.15, -0.1) is 10.6 Å². The number of aryl methyl sites for hydroxylation is 3. The molecule has 0 atom stereocenters. The fourth-order valence-electron chi connectivity index (χ4n) is 4.98. The Labute approximate surface area is 291 Å². The number of nitrogens with one attached hydrogen (secondary N) is 2. The fraction of sp³-hybridized carbons (Fsp3) is 0.529. The molecule has 10 nitrogen and oxygen atoms in total. The van der Waals surface area contributed by atoms with Crippen molar-refractivity contribution in [1.29, 1.82) is 0 Å². The molecular formula is C34H50Br2N8O2. The number of hydrazine groups is 2. The first-order valence-electron chi connectivity index (χ1n) is 16.2. The van der Waals surface area contributed by atoms with Crippen molar-refractivity contribution in [3.8, 4) is 11.5 Å². The third kappa shape index (κ3) is 12.9. The third-order valence-electron chi connectivity index (χ3n) is 7.74. The maximum absolute atomic E-state index is 5.88. The minimum absolute atomic E-state index is 0.669. The summed E-state index contributed by atoms with van der Waals surface area (Å²) in [5.74, 6) is 1.77. The van der Waals surface area contributed by atoms with Crippen LogP contribution in [0.15, 0.2) is 63.4 Å². The minimum Gasteiger partial charge on any atom is -0.491 e. The number of unbranched alkanes of at least 4 members (excludes halogenated alkanes) is 3. The molecule has 0 aliphatic carbocycles. The molecule has 12 heteroatoms. The standard InChI is InChI=1S/C34H50Br2N8O2/c1-41(2)19-21-45-33-13-11-27(23-31(33)35)15-17-43-25-29(37-39-43)9-7-5-6-8-10-30-26-44(40-38-30)18-16-28-12-14-34(32(36)24-28)46-22-20-42(3)4/h11-14,23-26,37,39H,5-10,15-22H2,1-4H3. The van der Waals surface area contributed by atoms with Crippen LogP contribution in [0.4, 0.5) is 0 Å². The lowest BCUT2D eigenvalue weighted by Gasteiger charge is -2.16. The molecule has 0 amide bonds. The molecule has 0 spiro atoms. The van der Waals surface area contributed by atoms with Crippen LogP contribution in [0.25, 0.3) is 0 Å². The zero-order chi connectivity index (χ0) is 32.7. The zero-order valence-electron chi connectivity index (χ0n) is 27.8. The molecule has 252 valence electrons. The first-order valence-corrected chi connectivity index (χ1v) is 17.8. The Bertz CT molecular complexity index is 1380. The average Bonchev–Trinajstić information content (AvgIpc) is 3.68. The maximum Gasteiger partial charge on any atom is 0.133 e. The number of allylic oxidation sites excluding steroid dienone is 1. The van der Waals surface area contributed by atoms with Crippen LogP contribution in [-0.4, -0.2) is 90.8 Å². The Kier molecular flexibility index (Phi) is 15.1. The van der Waals surface area contributed by atoms with Gasteiger partial charge >= 0.3 is 0 Å². The monoisotopic (exact) mass is 760 g/mol. The van der Waals surface area contributed by atoms with Crippen LogP contribution in [0.1, 0.15) is 48.9 Å². The number of aromatic nitrogens is 3. The normalized spacial score (nSPS) is 13.0. The molecule has 1 aromatic heterocycles. The molecular weight excluding hydrogens is 712 g/mol. The topological polar surface area (TPSA) is 83.0 Å². The Morgan fingerprint density at radius 3 is 1.91 bits per heavy atom. The van der Waals surface area contributed by atoms with Crippen LogP contribution >= 0.6 is 31.9 Å². The summed E-state index contributed by atoms with van der Waals surface area (Å²) in [5.41, 5.74) is 11.4. The summed E-state index contributed by atoms with van der Waals surface area (Å²) in [6.45, 7) is 4.83. The van der Waals surface area contributed by atoms with Crippen molar-refractivity contribution in [1.82, 2.24) is 40.8 Å². The lowest BCUT2D eigenvalue weighted by Crippen LogP contribution is -2.37. The van der Waals surface area contributed by atoms with E-state index in [4.69, 9.17) is 9.47 Å². The van der Waals surface area contributed by atoms with Crippen molar-refractivity contribution in [2.24, 2.45) is 0 Å². The van der Waals surface area contributed by atoms with Gasteiger partial charge in [0.2, 0.25) is 0 Å². The number of ether oxygens (including phenoxy) is 2. The van der Waals surface area contributed by atoms with Crippen LogP contribution in [0, 0.1) is 0 Å². The molecule has 1 aliphatic heterocycles. The van der Waals surface area contributed by atoms with Crippen molar-refractivity contribution < 1.29 is 9.47 Å². The SMILES string of the molecule is CN(C)CCOc1ccc(CCN2C=C(CCCCCCc3cn(CCc4ccc(OCCN(C)C)c(Br)c4)nn3)NN2)cc1Br. The van der Waals surface area contributed by atoms with E-state index >= 15 is 0 Å². The summed E-state index contributed by atoms with van der Waals surface area (Å²) in [4.78, 5) is 4.23. The Balaban J connectivity index is 1.06. The number of nitrogens with zero attached hydrogens (tertiary/aromatic N) is 6. The number of hydrogen-bond donors (Lipinski definition) is 2. The molecule has 3 aromatic rings. The van der Waals surface area contributed by atoms with Gasteiger partial charge in [0.05, 0.1) is 14.6 Å². The Morgan fingerprint density at radius 1 is 0.739 bits per heavy atom. The number of benzene rings is 2. The largest absolute Gasteiger partial charge is 0.491 e. The number of likely N-dealkylation sites (N-methyl/N-ethyl adjacent to an activating group) is 2. The summed E-state index contributed by atoms with van der Waals surface area (Å²) in [6, 6.07) is 12.7. The van der Waals surface area contributed by atoms with Gasteiger partial charge in [-0.05, 0) is 134 Å². The van der Waals surface area contributed by atoms with E-state index in [1.165, 1.54) is 29.7 Å². The number of halogens is 2. The lowest BCUT2D eigenvalue weighted by atomic mass is 10.1. The van der Waals surface area contributed by atoms with Crippen molar-refractivity contribution in [3.63, 3.8) is 0 Å². The second kappa shape index (κ2) is 19.2. The quantitative estimate of drug-likeness (QED) is 0.131. The molecule has 1 aliphatic rings. The molecule has 0 radical (unpaired) electrons. The fourth-order valence-corrected chi connectivity index (χ4v) is 6.07. The van der Waals surface area contributed by atoms with E-state index in [0.29, 0.717) is 13.2 Å². The van der Waals surface area contributed by atoms with Gasteiger partial charge in [-0.1, -0.05) is 30.2 Å². The Morgan fingerprint density at radius 2 is 1.33 bits per heavy atom. The predicted octanol–water partition coefficient (Wildman–Crippen LogP) is 5.83. The predicted molar refractivity (Wildman–Crippen MR) is 192 cm³/mol. The van der Waals surface area contributed by atoms with Gasteiger partial charge in [0.15, 0.2) is 0 Å². The van der Waals surface area contributed by atoms with Gasteiger partial charge in [0.1, 0.15) is 24.7 Å². The third-order valence-corrected chi connectivity index (χ3v) is 8.98. The van der Waals surface area contributed by atoms with E-state index in [0.717, 1.165) is 90.8 Å². The molecule has 0 fully saturated rings. The summed E-state index contributed by atoms with van der Waals surface area (Å²) in [5, 5.41) is 10.9. The van der Waals surface area contributed by atoms with E-state index in [-0.39, 0.29) is 0 Å². The molecule has 46 heavy (non-hydrogen) atoms. The molecule has 0 saturated carbocycles. The van der Waals surface area contributed by atoms with Crippen molar-refractivity contribution >= 4 is 31.9 Å². The van der Waals surface area contributed by atoms with Gasteiger partial charge in [-0.2, -0.15) is 0 Å². The second-order valence-electron chi connectivity index (χ2n) is 12.3. The highest BCUT2D eigenvalue weighted by molar-refractivity contribution is 9.10. The van der Waals surface area contributed by atoms with Crippen LogP contribution in [0.2, 0.25) is 0 Å². The number of rotatable bonds is 21. The van der Waals surface area contributed by atoms with Crippen molar-refractivity contribution in [2.75, 3.05) is 61.0 Å². The van der Waals surface area contributed by atoms with Gasteiger partial charge in [0, 0.05) is 44.3 Å². The highest BCUT2D eigenvalue weighted by atomic mass is 79.9. The summed E-state index contributed by atoms with van der Waals surface area (Å²) in [6.07, 6.45) is 12.8. The average molecular weight is 763 g/mol. The van der Waals surface area contributed by atoms with E-state index < -0.39 is 0 Å². The van der Waals surface area contributed by atoms with E-state index in [1.54, 1.807) is 0 Å². The molecule has 2 aromatic carbocycles. The minimum atomic E-state index is 0.669. The summed E-state index contributed by atoms with van der Waals surface area (Å²) < 4.78 is 15.7. The van der Waals surface area contributed by atoms with Gasteiger partial charge in [-0.3, -0.25) is 9.69 Å². The highest BCUT2D eigenvalue weighted by Crippen LogP contribution is 2.27. The van der Waals surface area contributed by atoms with Crippen LogP contribution in [0.3, 0.4) is 0 Å². The zero-order valence-corrected chi connectivity index (χ0v) is 30.9. The van der Waals surface area contributed by atoms with E-state index in [2.05, 4.69) is 111 Å². The smallest absolute Gasteiger partial charge is 0.133 e. The molecule has 0 bridgehead atoms. The van der Waals surface area contributed by atoms with Gasteiger partial charge in [0.25, 0.3) is 0 Å².